The largest absolute Gasteiger partial charge is 0.391 e. The monoisotopic (exact) mass is 162 g/mol. The number of ether oxygens (including phenoxy) is 1. The van der Waals surface area contributed by atoms with Crippen LogP contribution in [0.4, 0.5) is 0 Å². The van der Waals surface area contributed by atoms with Crippen molar-refractivity contribution in [3.8, 4) is 0 Å². The van der Waals surface area contributed by atoms with Crippen LogP contribution in [0.1, 0.15) is 13.3 Å². The molecule has 11 heavy (non-hydrogen) atoms. The first kappa shape index (κ1) is 8.93. The summed E-state index contributed by atoms with van der Waals surface area (Å²) in [6.45, 7) is 1.93. The maximum atomic E-state index is 9.27. The van der Waals surface area contributed by atoms with E-state index in [0.717, 1.165) is 0 Å². The van der Waals surface area contributed by atoms with E-state index in [9.17, 15) is 5.11 Å². The highest BCUT2D eigenvalue weighted by atomic mass is 16.5. The second kappa shape index (κ2) is 3.49. The Balaban J connectivity index is 2.51. The van der Waals surface area contributed by atoms with Gasteiger partial charge in [-0.2, -0.15) is 0 Å². The van der Waals surface area contributed by atoms with E-state index in [1.807, 2.05) is 0 Å². The molecule has 0 aromatic rings. The molecule has 0 spiro atoms. The molecule has 0 radical (unpaired) electrons. The van der Waals surface area contributed by atoms with Gasteiger partial charge in [0.1, 0.15) is 12.2 Å². The zero-order valence-electron chi connectivity index (χ0n) is 6.47. The van der Waals surface area contributed by atoms with Gasteiger partial charge in [-0.3, -0.25) is 0 Å². The van der Waals surface area contributed by atoms with Crippen LogP contribution in [-0.2, 0) is 4.74 Å². The van der Waals surface area contributed by atoms with Crippen LogP contribution in [0.3, 0.4) is 0 Å². The van der Waals surface area contributed by atoms with E-state index in [0.29, 0.717) is 13.0 Å². The second-order valence-electron chi connectivity index (χ2n) is 2.92. The topological polar surface area (TPSA) is 69.9 Å². The lowest BCUT2D eigenvalue weighted by Gasteiger charge is -2.33. The third kappa shape index (κ3) is 1.90. The summed E-state index contributed by atoms with van der Waals surface area (Å²) in [5.74, 6) is 0. The maximum Gasteiger partial charge on any atom is 0.111 e. The highest BCUT2D eigenvalue weighted by Crippen LogP contribution is 2.17. The van der Waals surface area contributed by atoms with Crippen molar-refractivity contribution in [3.05, 3.63) is 0 Å². The predicted molar refractivity (Wildman–Crippen MR) is 38.1 cm³/mol. The Labute approximate surface area is 65.4 Å². The summed E-state index contributed by atoms with van der Waals surface area (Å²) in [6.07, 6.45) is -2.66. The van der Waals surface area contributed by atoms with E-state index >= 15 is 0 Å². The summed E-state index contributed by atoms with van der Waals surface area (Å²) in [7, 11) is 0. The highest BCUT2D eigenvalue weighted by molar-refractivity contribution is 4.83. The molecule has 0 aliphatic carbocycles. The fourth-order valence-electron chi connectivity index (χ4n) is 1.24. The lowest BCUT2D eigenvalue weighted by Crippen LogP contribution is -2.49. The Bertz CT molecular complexity index is 126. The summed E-state index contributed by atoms with van der Waals surface area (Å²) < 4.78 is 5.06. The van der Waals surface area contributed by atoms with Crippen molar-refractivity contribution in [3.63, 3.8) is 0 Å². The van der Waals surface area contributed by atoms with Crippen molar-refractivity contribution in [2.24, 2.45) is 0 Å². The van der Waals surface area contributed by atoms with Crippen LogP contribution in [-0.4, -0.2) is 46.3 Å². The average molecular weight is 162 g/mol. The van der Waals surface area contributed by atoms with E-state index in [1.54, 1.807) is 0 Å². The quantitative estimate of drug-likeness (QED) is 0.456. The van der Waals surface area contributed by atoms with Crippen molar-refractivity contribution in [1.82, 2.24) is 0 Å². The molecule has 1 aliphatic rings. The van der Waals surface area contributed by atoms with Crippen molar-refractivity contribution >= 4 is 0 Å². The summed E-state index contributed by atoms with van der Waals surface area (Å²) >= 11 is 0. The lowest BCUT2D eigenvalue weighted by atomic mass is 9.99. The number of aliphatic hydroxyl groups excluding tert-OH is 3. The molecule has 4 nitrogen and oxygen atoms in total. The minimum atomic E-state index is -0.955. The van der Waals surface area contributed by atoms with Crippen LogP contribution in [0.2, 0.25) is 0 Å². The molecular weight excluding hydrogens is 148 g/mol. The van der Waals surface area contributed by atoms with E-state index < -0.39 is 24.4 Å². The summed E-state index contributed by atoms with van der Waals surface area (Å²) in [5.41, 5.74) is 0. The third-order valence-electron chi connectivity index (χ3n) is 1.93. The fraction of sp³-hybridized carbons (Fsp3) is 1.00. The molecule has 4 heteroatoms. The molecular formula is C7H14O4. The summed E-state index contributed by atoms with van der Waals surface area (Å²) in [6, 6.07) is 0. The van der Waals surface area contributed by atoms with Crippen molar-refractivity contribution in [2.45, 2.75) is 37.8 Å². The van der Waals surface area contributed by atoms with Crippen LogP contribution in [0.15, 0.2) is 0 Å². The number of aliphatic hydroxyl groups is 3. The Morgan fingerprint density at radius 1 is 1.45 bits per heavy atom. The Morgan fingerprint density at radius 3 is 2.55 bits per heavy atom. The zero-order valence-corrected chi connectivity index (χ0v) is 6.47. The fourth-order valence-corrected chi connectivity index (χ4v) is 1.24. The number of hydrogen-bond donors (Lipinski definition) is 3. The van der Waals surface area contributed by atoms with Gasteiger partial charge in [-0.1, -0.05) is 0 Å². The van der Waals surface area contributed by atoms with Gasteiger partial charge < -0.3 is 20.1 Å². The summed E-state index contributed by atoms with van der Waals surface area (Å²) in [5, 5.41) is 27.5. The first-order chi connectivity index (χ1) is 5.13. The Morgan fingerprint density at radius 2 is 2.09 bits per heavy atom. The standard InChI is InChI=1S/C7H14O4/c1-4(8)7-6(10)5(9)2-3-11-7/h4-10H,2-3H2,1H3/t4-,5-,6-,7-/m1/s1. The van der Waals surface area contributed by atoms with E-state index in [4.69, 9.17) is 14.9 Å². The van der Waals surface area contributed by atoms with Gasteiger partial charge in [0.2, 0.25) is 0 Å². The normalized spacial score (nSPS) is 42.0. The molecule has 66 valence electrons. The SMILES string of the molecule is C[C@@H](O)[C@H]1OCC[C@@H](O)[C@H]1O. The van der Waals surface area contributed by atoms with E-state index in [-0.39, 0.29) is 0 Å². The Hall–Kier alpha value is -0.160. The Kier molecular flexibility index (Phi) is 2.84. The van der Waals surface area contributed by atoms with Gasteiger partial charge in [-0.25, -0.2) is 0 Å². The van der Waals surface area contributed by atoms with Gasteiger partial charge in [0, 0.05) is 6.61 Å². The van der Waals surface area contributed by atoms with E-state index in [1.165, 1.54) is 6.92 Å². The molecule has 0 amide bonds. The molecule has 0 aromatic heterocycles. The van der Waals surface area contributed by atoms with Crippen molar-refractivity contribution < 1.29 is 20.1 Å². The van der Waals surface area contributed by atoms with Crippen LogP contribution < -0.4 is 0 Å². The molecule has 0 bridgehead atoms. The van der Waals surface area contributed by atoms with Gasteiger partial charge in [0.15, 0.2) is 0 Å². The molecule has 0 saturated carbocycles. The van der Waals surface area contributed by atoms with Gasteiger partial charge in [0.05, 0.1) is 12.2 Å². The van der Waals surface area contributed by atoms with Gasteiger partial charge in [-0.05, 0) is 13.3 Å². The first-order valence-electron chi connectivity index (χ1n) is 3.78. The molecule has 1 rings (SSSR count). The van der Waals surface area contributed by atoms with Gasteiger partial charge >= 0.3 is 0 Å². The smallest absolute Gasteiger partial charge is 0.111 e. The van der Waals surface area contributed by atoms with Crippen LogP contribution in [0.25, 0.3) is 0 Å². The second-order valence-corrected chi connectivity index (χ2v) is 2.92. The molecule has 3 N–H and O–H groups in total. The van der Waals surface area contributed by atoms with Crippen molar-refractivity contribution in [2.75, 3.05) is 6.61 Å². The van der Waals surface area contributed by atoms with E-state index in [2.05, 4.69) is 0 Å². The number of rotatable bonds is 1. The van der Waals surface area contributed by atoms with Crippen LogP contribution in [0, 0.1) is 0 Å². The third-order valence-corrected chi connectivity index (χ3v) is 1.93. The highest BCUT2D eigenvalue weighted by Gasteiger charge is 2.34. The summed E-state index contributed by atoms with van der Waals surface area (Å²) in [4.78, 5) is 0. The maximum absolute atomic E-state index is 9.27. The number of hydrogen-bond acceptors (Lipinski definition) is 4. The van der Waals surface area contributed by atoms with Gasteiger partial charge in [-0.15, -0.1) is 0 Å². The van der Waals surface area contributed by atoms with Gasteiger partial charge in [0.25, 0.3) is 0 Å². The molecule has 0 unspecified atom stereocenters. The minimum Gasteiger partial charge on any atom is -0.391 e. The van der Waals surface area contributed by atoms with Crippen molar-refractivity contribution in [1.29, 1.82) is 0 Å². The van der Waals surface area contributed by atoms with Crippen LogP contribution >= 0.6 is 0 Å². The molecule has 1 saturated heterocycles. The molecule has 0 aromatic carbocycles. The van der Waals surface area contributed by atoms with Crippen LogP contribution in [0.5, 0.6) is 0 Å². The zero-order chi connectivity index (χ0) is 8.43. The molecule has 1 heterocycles. The molecule has 4 atom stereocenters. The predicted octanol–water partition coefficient (Wildman–Crippen LogP) is -1.12. The minimum absolute atomic E-state index is 0.397. The molecule has 1 fully saturated rings. The first-order valence-corrected chi connectivity index (χ1v) is 3.78. The average Bonchev–Trinajstić information content (AvgIpc) is 1.94. The lowest BCUT2D eigenvalue weighted by molar-refractivity contribution is -0.166. The molecule has 1 aliphatic heterocycles.